The Morgan fingerprint density at radius 2 is 1.72 bits per heavy atom. The maximum Gasteiger partial charge on any atom is 0.253 e. The maximum atomic E-state index is 13.5. The highest BCUT2D eigenvalue weighted by Crippen LogP contribution is 2.32. The topological polar surface area (TPSA) is 96.2 Å². The molecule has 4 rings (SSSR count). The Morgan fingerprint density at radius 1 is 1.03 bits per heavy atom. The van der Waals surface area contributed by atoms with Crippen molar-refractivity contribution in [1.82, 2.24) is 35.3 Å². The van der Waals surface area contributed by atoms with Gasteiger partial charge in [-0.2, -0.15) is 4.68 Å². The van der Waals surface area contributed by atoms with E-state index in [2.05, 4.69) is 25.7 Å². The number of hydrogen-bond acceptors (Lipinski definition) is 6. The highest BCUT2D eigenvalue weighted by Gasteiger charge is 2.24. The van der Waals surface area contributed by atoms with Gasteiger partial charge in [-0.25, -0.2) is 0 Å². The molecule has 9 nitrogen and oxygen atoms in total. The molecule has 0 saturated carbocycles. The van der Waals surface area contributed by atoms with Crippen molar-refractivity contribution in [3.05, 3.63) is 58.9 Å². The van der Waals surface area contributed by atoms with E-state index in [9.17, 15) is 9.59 Å². The Bertz CT molecular complexity index is 1220. The molecule has 1 aliphatic rings. The second kappa shape index (κ2) is 11.2. The van der Waals surface area contributed by atoms with Gasteiger partial charge in [-0.1, -0.05) is 55.8 Å². The number of carbonyl (C=O) groups is 2. The van der Waals surface area contributed by atoms with Gasteiger partial charge in [0, 0.05) is 51.6 Å². The third-order valence-corrected chi connectivity index (χ3v) is 6.77. The Kier molecular flexibility index (Phi) is 8.01. The van der Waals surface area contributed by atoms with Crippen molar-refractivity contribution in [2.75, 3.05) is 32.7 Å². The molecule has 1 fully saturated rings. The number of tetrazole rings is 1. The van der Waals surface area contributed by atoms with Crippen LogP contribution < -0.4 is 5.32 Å². The van der Waals surface area contributed by atoms with Crippen molar-refractivity contribution in [1.29, 1.82) is 0 Å². The quantitative estimate of drug-likeness (QED) is 0.524. The molecule has 1 aliphatic heterocycles. The van der Waals surface area contributed by atoms with Gasteiger partial charge >= 0.3 is 0 Å². The first-order valence-electron chi connectivity index (χ1n) is 12.2. The first-order chi connectivity index (χ1) is 17.2. The summed E-state index contributed by atoms with van der Waals surface area (Å²) < 4.78 is 1.61. The molecular formula is C26H32ClN7O2. The van der Waals surface area contributed by atoms with E-state index in [0.717, 1.165) is 24.2 Å². The van der Waals surface area contributed by atoms with Crippen molar-refractivity contribution in [2.24, 2.45) is 0 Å². The predicted molar refractivity (Wildman–Crippen MR) is 139 cm³/mol. The van der Waals surface area contributed by atoms with Crippen LogP contribution in [0, 0.1) is 0 Å². The number of nitrogens with one attached hydrogen (secondary N) is 1. The fourth-order valence-electron chi connectivity index (χ4n) is 4.43. The zero-order chi connectivity index (χ0) is 25.8. The molecule has 190 valence electrons. The third-order valence-electron chi connectivity index (χ3n) is 6.37. The first-order valence-corrected chi connectivity index (χ1v) is 12.6. The summed E-state index contributed by atoms with van der Waals surface area (Å²) in [6.07, 6.45) is 0. The molecule has 2 amide bonds. The molecule has 0 bridgehead atoms. The summed E-state index contributed by atoms with van der Waals surface area (Å²) in [5, 5.41) is 15.6. The van der Waals surface area contributed by atoms with Crippen molar-refractivity contribution in [3.8, 4) is 16.8 Å². The highest BCUT2D eigenvalue weighted by molar-refractivity contribution is 6.35. The number of aromatic nitrogens is 4. The Balaban J connectivity index is 1.60. The van der Waals surface area contributed by atoms with Crippen LogP contribution in [0.5, 0.6) is 0 Å². The molecule has 0 aliphatic carbocycles. The fraction of sp³-hybridized carbons (Fsp3) is 0.423. The minimum atomic E-state index is -0.256. The van der Waals surface area contributed by atoms with Gasteiger partial charge in [-0.3, -0.25) is 14.5 Å². The predicted octanol–water partition coefficient (Wildman–Crippen LogP) is 3.39. The smallest absolute Gasteiger partial charge is 0.253 e. The minimum absolute atomic E-state index is 0.0669. The summed E-state index contributed by atoms with van der Waals surface area (Å²) in [5.74, 6) is 0.569. The Labute approximate surface area is 216 Å². The van der Waals surface area contributed by atoms with E-state index in [-0.39, 0.29) is 23.8 Å². The minimum Gasteiger partial charge on any atom is -0.348 e. The van der Waals surface area contributed by atoms with E-state index < -0.39 is 0 Å². The molecule has 1 saturated heterocycles. The second-order valence-electron chi connectivity index (χ2n) is 9.51. The van der Waals surface area contributed by atoms with Crippen molar-refractivity contribution in [2.45, 2.75) is 39.7 Å². The average molecular weight is 510 g/mol. The molecule has 36 heavy (non-hydrogen) atoms. The summed E-state index contributed by atoms with van der Waals surface area (Å²) in [6.45, 7) is 11.2. The molecule has 1 aromatic heterocycles. The van der Waals surface area contributed by atoms with E-state index in [1.165, 1.54) is 0 Å². The van der Waals surface area contributed by atoms with Crippen LogP contribution in [0.3, 0.4) is 0 Å². The molecule has 0 spiro atoms. The SMILES string of the molecule is CC(=O)N1CCN(CC(C)NC(=O)c2cc(-c3ccccc3)cc(-n3nnnc3C(C)C)c2Cl)CC1. The number of hydrogen-bond donors (Lipinski definition) is 1. The molecule has 1 N–H and O–H groups in total. The number of rotatable bonds is 7. The van der Waals surface area contributed by atoms with Crippen LogP contribution in [0.2, 0.25) is 5.02 Å². The first kappa shape index (κ1) is 25.8. The lowest BCUT2D eigenvalue weighted by Crippen LogP contribution is -2.51. The summed E-state index contributed by atoms with van der Waals surface area (Å²) in [7, 11) is 0. The highest BCUT2D eigenvalue weighted by atomic mass is 35.5. The molecule has 0 radical (unpaired) electrons. The lowest BCUT2D eigenvalue weighted by atomic mass is 10.0. The number of amides is 2. The normalized spacial score (nSPS) is 15.2. The zero-order valence-electron chi connectivity index (χ0n) is 21.1. The Morgan fingerprint density at radius 3 is 2.36 bits per heavy atom. The second-order valence-corrected chi connectivity index (χ2v) is 9.89. The molecule has 2 heterocycles. The maximum absolute atomic E-state index is 13.5. The monoisotopic (exact) mass is 509 g/mol. The molecule has 3 aromatic rings. The van der Waals surface area contributed by atoms with Crippen LogP contribution in [0.15, 0.2) is 42.5 Å². The lowest BCUT2D eigenvalue weighted by molar-refractivity contribution is -0.130. The van der Waals surface area contributed by atoms with E-state index in [0.29, 0.717) is 41.7 Å². The summed E-state index contributed by atoms with van der Waals surface area (Å²) in [6, 6.07) is 13.4. The number of benzene rings is 2. The fourth-order valence-corrected chi connectivity index (χ4v) is 4.71. The van der Waals surface area contributed by atoms with Gasteiger partial charge in [-0.05, 0) is 40.6 Å². The van der Waals surface area contributed by atoms with Gasteiger partial charge in [0.05, 0.1) is 16.3 Å². The van der Waals surface area contributed by atoms with Crippen LogP contribution in [0.4, 0.5) is 0 Å². The van der Waals surface area contributed by atoms with E-state index in [4.69, 9.17) is 11.6 Å². The van der Waals surface area contributed by atoms with Crippen LogP contribution >= 0.6 is 11.6 Å². The van der Waals surface area contributed by atoms with Gasteiger partial charge in [0.2, 0.25) is 5.91 Å². The largest absolute Gasteiger partial charge is 0.348 e. The third kappa shape index (κ3) is 5.74. The molecule has 1 unspecified atom stereocenters. The lowest BCUT2D eigenvalue weighted by Gasteiger charge is -2.35. The summed E-state index contributed by atoms with van der Waals surface area (Å²) >= 11 is 6.83. The van der Waals surface area contributed by atoms with Gasteiger partial charge in [0.1, 0.15) is 0 Å². The Hall–Kier alpha value is -3.30. The van der Waals surface area contributed by atoms with Crippen LogP contribution in [0.1, 0.15) is 49.8 Å². The molecule has 2 aromatic carbocycles. The van der Waals surface area contributed by atoms with Crippen molar-refractivity contribution < 1.29 is 9.59 Å². The van der Waals surface area contributed by atoms with Crippen LogP contribution in [0.25, 0.3) is 16.8 Å². The number of piperazine rings is 1. The van der Waals surface area contributed by atoms with E-state index in [1.54, 1.807) is 11.6 Å². The number of nitrogens with zero attached hydrogens (tertiary/aromatic N) is 6. The standard InChI is InChI=1S/C26H32ClN7O2/c1-17(2)25-29-30-31-34(25)23-15-21(20-8-6-5-7-9-20)14-22(24(23)27)26(36)28-18(3)16-32-10-12-33(13-11-32)19(4)35/h5-9,14-15,17-18H,10-13,16H2,1-4H3,(H,28,36). The molecule has 10 heteroatoms. The number of halogens is 1. The summed E-state index contributed by atoms with van der Waals surface area (Å²) in [4.78, 5) is 29.1. The average Bonchev–Trinajstić information content (AvgIpc) is 3.35. The van der Waals surface area contributed by atoms with Crippen molar-refractivity contribution in [3.63, 3.8) is 0 Å². The van der Waals surface area contributed by atoms with Crippen LogP contribution in [-0.2, 0) is 4.79 Å². The van der Waals surface area contributed by atoms with Crippen molar-refractivity contribution >= 4 is 23.4 Å². The zero-order valence-corrected chi connectivity index (χ0v) is 21.9. The van der Waals surface area contributed by atoms with Gasteiger partial charge < -0.3 is 10.2 Å². The molecule has 1 atom stereocenters. The van der Waals surface area contributed by atoms with E-state index in [1.807, 2.05) is 68.1 Å². The van der Waals surface area contributed by atoms with Gasteiger partial charge in [0.25, 0.3) is 5.91 Å². The number of carbonyl (C=O) groups excluding carboxylic acids is 2. The molecular weight excluding hydrogens is 478 g/mol. The van der Waals surface area contributed by atoms with Gasteiger partial charge in [0.15, 0.2) is 5.82 Å². The van der Waals surface area contributed by atoms with Gasteiger partial charge in [-0.15, -0.1) is 5.10 Å². The summed E-state index contributed by atoms with van der Waals surface area (Å²) in [5.41, 5.74) is 2.73. The van der Waals surface area contributed by atoms with E-state index >= 15 is 0 Å². The van der Waals surface area contributed by atoms with Crippen LogP contribution in [-0.4, -0.2) is 80.6 Å².